The molecule has 0 spiro atoms. The van der Waals surface area contributed by atoms with Gasteiger partial charge in [0.05, 0.1) is 0 Å². The Bertz CT molecular complexity index is 230. The molecule has 2 aliphatic heterocycles. The van der Waals surface area contributed by atoms with Gasteiger partial charge in [0.15, 0.2) is 0 Å². The normalized spacial score (nSPS) is 27.5. The highest BCUT2D eigenvalue weighted by Crippen LogP contribution is 2.28. The number of hydrogen-bond acceptors (Lipinski definition) is 3. The van der Waals surface area contributed by atoms with Gasteiger partial charge in [-0.2, -0.15) is 0 Å². The molecule has 0 aromatic rings. The van der Waals surface area contributed by atoms with Gasteiger partial charge in [0.2, 0.25) is 5.91 Å². The molecule has 0 unspecified atom stereocenters. The van der Waals surface area contributed by atoms with Crippen LogP contribution in [0.4, 0.5) is 0 Å². The highest BCUT2D eigenvalue weighted by atomic mass is 16.1. The van der Waals surface area contributed by atoms with Crippen LogP contribution in [0.1, 0.15) is 32.1 Å². The molecule has 1 amide bonds. The van der Waals surface area contributed by atoms with E-state index in [2.05, 4.69) is 10.2 Å². The van der Waals surface area contributed by atoms with Crippen molar-refractivity contribution >= 4 is 5.91 Å². The Morgan fingerprint density at radius 3 is 2.27 bits per heavy atom. The molecule has 2 fully saturated rings. The van der Waals surface area contributed by atoms with Crippen molar-refractivity contribution in [2.75, 3.05) is 26.2 Å². The van der Waals surface area contributed by atoms with Crippen LogP contribution in [-0.4, -0.2) is 42.5 Å². The monoisotopic (exact) mass is 211 g/mol. The molecule has 0 aromatic heterocycles. The number of nitrogens with two attached hydrogens (primary N) is 1. The number of piperidine rings is 2. The van der Waals surface area contributed by atoms with Crippen LogP contribution in [-0.2, 0) is 4.79 Å². The lowest BCUT2D eigenvalue weighted by atomic mass is 9.84. The van der Waals surface area contributed by atoms with Crippen LogP contribution in [0.2, 0.25) is 0 Å². The van der Waals surface area contributed by atoms with Gasteiger partial charge in [-0.25, -0.2) is 0 Å². The van der Waals surface area contributed by atoms with Crippen molar-refractivity contribution in [1.29, 1.82) is 0 Å². The largest absolute Gasteiger partial charge is 0.368 e. The van der Waals surface area contributed by atoms with Crippen LogP contribution >= 0.6 is 0 Å². The first kappa shape index (κ1) is 10.9. The second kappa shape index (κ2) is 4.49. The third kappa shape index (κ3) is 2.01. The van der Waals surface area contributed by atoms with Crippen molar-refractivity contribution in [2.45, 2.75) is 37.6 Å². The van der Waals surface area contributed by atoms with E-state index in [0.717, 1.165) is 39.0 Å². The van der Waals surface area contributed by atoms with Crippen molar-refractivity contribution < 1.29 is 4.79 Å². The van der Waals surface area contributed by atoms with E-state index in [1.165, 1.54) is 19.3 Å². The molecular weight excluding hydrogens is 190 g/mol. The Hall–Kier alpha value is -0.610. The quantitative estimate of drug-likeness (QED) is 0.680. The third-order valence-corrected chi connectivity index (χ3v) is 3.85. The summed E-state index contributed by atoms with van der Waals surface area (Å²) in [7, 11) is 0. The Morgan fingerprint density at radius 2 is 1.73 bits per heavy atom. The highest BCUT2D eigenvalue weighted by Gasteiger charge is 2.43. The van der Waals surface area contributed by atoms with E-state index in [1.807, 2.05) is 0 Å². The lowest BCUT2D eigenvalue weighted by Gasteiger charge is -2.45. The van der Waals surface area contributed by atoms with Crippen molar-refractivity contribution in [2.24, 2.45) is 5.73 Å². The van der Waals surface area contributed by atoms with Gasteiger partial charge < -0.3 is 11.1 Å². The SMILES string of the molecule is NC(=O)C1(N2CCCCC2)CCNCC1. The molecule has 0 saturated carbocycles. The number of amides is 1. The Labute approximate surface area is 91.2 Å². The maximum atomic E-state index is 11.7. The van der Waals surface area contributed by atoms with Crippen LogP contribution in [0.15, 0.2) is 0 Å². The Morgan fingerprint density at radius 1 is 1.13 bits per heavy atom. The number of carbonyl (C=O) groups excluding carboxylic acids is 1. The smallest absolute Gasteiger partial charge is 0.238 e. The molecule has 2 saturated heterocycles. The fraction of sp³-hybridized carbons (Fsp3) is 0.909. The van der Waals surface area contributed by atoms with Gasteiger partial charge in [-0.3, -0.25) is 9.69 Å². The number of likely N-dealkylation sites (tertiary alicyclic amines) is 1. The van der Waals surface area contributed by atoms with Gasteiger partial charge in [-0.15, -0.1) is 0 Å². The summed E-state index contributed by atoms with van der Waals surface area (Å²) in [6, 6.07) is 0. The van der Waals surface area contributed by atoms with Crippen LogP contribution in [0.25, 0.3) is 0 Å². The third-order valence-electron chi connectivity index (χ3n) is 3.85. The van der Waals surface area contributed by atoms with Crippen LogP contribution in [0.5, 0.6) is 0 Å². The zero-order chi connectivity index (χ0) is 10.7. The maximum absolute atomic E-state index is 11.7. The van der Waals surface area contributed by atoms with Crippen molar-refractivity contribution in [1.82, 2.24) is 10.2 Å². The fourth-order valence-electron chi connectivity index (χ4n) is 2.88. The summed E-state index contributed by atoms with van der Waals surface area (Å²) in [5.41, 5.74) is 5.28. The molecule has 3 N–H and O–H groups in total. The van der Waals surface area contributed by atoms with Crippen molar-refractivity contribution in [3.8, 4) is 0 Å². The molecule has 15 heavy (non-hydrogen) atoms. The van der Waals surface area contributed by atoms with Crippen molar-refractivity contribution in [3.63, 3.8) is 0 Å². The summed E-state index contributed by atoms with van der Waals surface area (Å²) < 4.78 is 0. The molecule has 0 radical (unpaired) electrons. The minimum absolute atomic E-state index is 0.120. The zero-order valence-electron chi connectivity index (χ0n) is 9.30. The van der Waals surface area contributed by atoms with Gasteiger partial charge in [0.1, 0.15) is 5.54 Å². The first-order valence-corrected chi connectivity index (χ1v) is 6.01. The molecule has 86 valence electrons. The number of nitrogens with one attached hydrogen (secondary N) is 1. The van der Waals surface area contributed by atoms with Gasteiger partial charge in [-0.05, 0) is 51.9 Å². The lowest BCUT2D eigenvalue weighted by Crippen LogP contribution is -2.62. The molecule has 2 aliphatic rings. The summed E-state index contributed by atoms with van der Waals surface area (Å²) in [6.07, 6.45) is 5.47. The molecular formula is C11H21N3O. The fourth-order valence-corrected chi connectivity index (χ4v) is 2.88. The first-order chi connectivity index (χ1) is 7.26. The summed E-state index contributed by atoms with van der Waals surface area (Å²) >= 11 is 0. The number of rotatable bonds is 2. The van der Waals surface area contributed by atoms with Crippen molar-refractivity contribution in [3.05, 3.63) is 0 Å². The van der Waals surface area contributed by atoms with Gasteiger partial charge in [-0.1, -0.05) is 6.42 Å². The molecule has 2 rings (SSSR count). The summed E-state index contributed by atoms with van der Waals surface area (Å²) in [5, 5.41) is 3.30. The minimum atomic E-state index is -0.342. The summed E-state index contributed by atoms with van der Waals surface area (Å²) in [5.74, 6) is -0.120. The Kier molecular flexibility index (Phi) is 3.26. The average molecular weight is 211 g/mol. The van der Waals surface area contributed by atoms with E-state index in [-0.39, 0.29) is 11.4 Å². The standard InChI is InChI=1S/C11H21N3O/c12-10(15)11(4-6-13-7-5-11)14-8-2-1-3-9-14/h13H,1-9H2,(H2,12,15). The average Bonchev–Trinajstić information content (AvgIpc) is 2.31. The van der Waals surface area contributed by atoms with E-state index in [1.54, 1.807) is 0 Å². The van der Waals surface area contributed by atoms with E-state index in [0.29, 0.717) is 0 Å². The lowest BCUT2D eigenvalue weighted by molar-refractivity contribution is -0.133. The topological polar surface area (TPSA) is 58.4 Å². The summed E-state index contributed by atoms with van der Waals surface area (Å²) in [6.45, 7) is 3.92. The van der Waals surface area contributed by atoms with Crippen LogP contribution in [0, 0.1) is 0 Å². The minimum Gasteiger partial charge on any atom is -0.368 e. The van der Waals surface area contributed by atoms with Crippen LogP contribution in [0.3, 0.4) is 0 Å². The number of carbonyl (C=O) groups is 1. The Balaban J connectivity index is 2.12. The zero-order valence-corrected chi connectivity index (χ0v) is 9.30. The van der Waals surface area contributed by atoms with Gasteiger partial charge in [0.25, 0.3) is 0 Å². The van der Waals surface area contributed by atoms with E-state index < -0.39 is 0 Å². The second-order valence-corrected chi connectivity index (χ2v) is 4.69. The number of nitrogens with zero attached hydrogens (tertiary/aromatic N) is 1. The number of hydrogen-bond donors (Lipinski definition) is 2. The second-order valence-electron chi connectivity index (χ2n) is 4.69. The molecule has 0 aliphatic carbocycles. The van der Waals surface area contributed by atoms with E-state index in [9.17, 15) is 4.79 Å². The molecule has 0 aromatic carbocycles. The molecule has 4 heteroatoms. The van der Waals surface area contributed by atoms with E-state index >= 15 is 0 Å². The summed E-state index contributed by atoms with van der Waals surface area (Å²) in [4.78, 5) is 14.1. The molecule has 0 bridgehead atoms. The first-order valence-electron chi connectivity index (χ1n) is 6.01. The number of primary amides is 1. The molecule has 4 nitrogen and oxygen atoms in total. The predicted molar refractivity (Wildman–Crippen MR) is 59.5 cm³/mol. The van der Waals surface area contributed by atoms with Gasteiger partial charge >= 0.3 is 0 Å². The maximum Gasteiger partial charge on any atom is 0.238 e. The van der Waals surface area contributed by atoms with Gasteiger partial charge in [0, 0.05) is 0 Å². The van der Waals surface area contributed by atoms with Crippen LogP contribution < -0.4 is 11.1 Å². The molecule has 2 heterocycles. The molecule has 0 atom stereocenters. The highest BCUT2D eigenvalue weighted by molar-refractivity contribution is 5.84. The van der Waals surface area contributed by atoms with E-state index in [4.69, 9.17) is 5.73 Å². The predicted octanol–water partition coefficient (Wildman–Crippen LogP) is 0.0798.